The largest absolute Gasteiger partial charge is 0.469 e. The van der Waals surface area contributed by atoms with Crippen LogP contribution >= 0.6 is 0 Å². The second-order valence-electron chi connectivity index (χ2n) is 9.65. The van der Waals surface area contributed by atoms with Gasteiger partial charge in [-0.25, -0.2) is 0 Å². The SMILES string of the molecule is COC(=O)[C@@]1(C)CCC[C@]2(C)[C@H]3CC(=O)C(C(C)(C)O)=C[C@@]3(O)CC[C@@H]21. The average molecular weight is 364 g/mol. The van der Waals surface area contributed by atoms with E-state index in [-0.39, 0.29) is 35.4 Å². The second kappa shape index (κ2) is 5.90. The molecule has 2 fully saturated rings. The van der Waals surface area contributed by atoms with Crippen LogP contribution < -0.4 is 0 Å². The number of ketones is 1. The van der Waals surface area contributed by atoms with Gasteiger partial charge in [0.2, 0.25) is 0 Å². The molecule has 5 heteroatoms. The molecule has 3 rings (SSSR count). The second-order valence-corrected chi connectivity index (χ2v) is 9.65. The molecule has 0 aromatic rings. The minimum absolute atomic E-state index is 0.0753. The summed E-state index contributed by atoms with van der Waals surface area (Å²) in [7, 11) is 1.43. The van der Waals surface area contributed by atoms with Crippen LogP contribution in [0.4, 0.5) is 0 Å². The molecule has 0 bridgehead atoms. The molecule has 2 saturated carbocycles. The van der Waals surface area contributed by atoms with Crippen molar-refractivity contribution in [3.63, 3.8) is 0 Å². The van der Waals surface area contributed by atoms with Gasteiger partial charge in [0.25, 0.3) is 0 Å². The lowest BCUT2D eigenvalue weighted by molar-refractivity contribution is -0.189. The van der Waals surface area contributed by atoms with Gasteiger partial charge in [-0.05, 0) is 63.9 Å². The number of ether oxygens (including phenoxy) is 1. The topological polar surface area (TPSA) is 83.8 Å². The van der Waals surface area contributed by atoms with E-state index in [1.807, 2.05) is 6.92 Å². The number of hydrogen-bond donors (Lipinski definition) is 2. The van der Waals surface area contributed by atoms with E-state index in [0.717, 1.165) is 19.3 Å². The third-order valence-corrected chi connectivity index (χ3v) is 7.60. The highest BCUT2D eigenvalue weighted by Crippen LogP contribution is 2.64. The lowest BCUT2D eigenvalue weighted by Crippen LogP contribution is -2.62. The Hall–Kier alpha value is -1.20. The molecule has 0 saturated heterocycles. The highest BCUT2D eigenvalue weighted by atomic mass is 16.5. The summed E-state index contributed by atoms with van der Waals surface area (Å²) in [6.07, 6.45) is 5.59. The zero-order valence-electron chi connectivity index (χ0n) is 16.6. The maximum Gasteiger partial charge on any atom is 0.311 e. The summed E-state index contributed by atoms with van der Waals surface area (Å²) in [6, 6.07) is 0. The molecule has 0 spiro atoms. The van der Waals surface area contributed by atoms with Crippen LogP contribution in [0.25, 0.3) is 0 Å². The number of rotatable bonds is 2. The third kappa shape index (κ3) is 2.66. The first-order valence-corrected chi connectivity index (χ1v) is 9.68. The molecule has 0 aliphatic heterocycles. The minimum atomic E-state index is -1.26. The number of methoxy groups -OCH3 is 1. The number of aliphatic hydroxyl groups is 2. The van der Waals surface area contributed by atoms with E-state index in [1.165, 1.54) is 7.11 Å². The monoisotopic (exact) mass is 364 g/mol. The lowest BCUT2D eigenvalue weighted by atomic mass is 9.43. The zero-order valence-corrected chi connectivity index (χ0v) is 16.6. The molecule has 0 unspecified atom stereocenters. The summed E-state index contributed by atoms with van der Waals surface area (Å²) in [5.41, 5.74) is -2.95. The Kier molecular flexibility index (Phi) is 4.44. The van der Waals surface area contributed by atoms with Crippen molar-refractivity contribution in [1.29, 1.82) is 0 Å². The standard InChI is InChI=1S/C21H32O5/c1-18(2,24)13-12-21(25)10-7-15-19(3,16(21)11-14(13)22)8-6-9-20(15,4)17(23)26-5/h12,15-16,24-25H,6-11H2,1-5H3/t15-,16+,19-,20-,21-/m0/s1. The normalized spacial score (nSPS) is 43.2. The number of fused-ring (bicyclic) bond motifs is 3. The molecule has 5 nitrogen and oxygen atoms in total. The molecule has 3 aliphatic rings. The van der Waals surface area contributed by atoms with Crippen molar-refractivity contribution in [2.45, 2.75) is 77.4 Å². The van der Waals surface area contributed by atoms with Crippen LogP contribution in [-0.4, -0.2) is 40.3 Å². The van der Waals surface area contributed by atoms with Gasteiger partial charge in [-0.3, -0.25) is 9.59 Å². The van der Waals surface area contributed by atoms with E-state index in [0.29, 0.717) is 18.4 Å². The predicted octanol–water partition coefficient (Wildman–Crippen LogP) is 2.78. The first kappa shape index (κ1) is 19.6. The van der Waals surface area contributed by atoms with Crippen molar-refractivity contribution < 1.29 is 24.5 Å². The van der Waals surface area contributed by atoms with Gasteiger partial charge in [-0.2, -0.15) is 0 Å². The van der Waals surface area contributed by atoms with E-state index in [9.17, 15) is 19.8 Å². The molecule has 0 amide bonds. The molecule has 26 heavy (non-hydrogen) atoms. The summed E-state index contributed by atoms with van der Waals surface area (Å²) < 4.78 is 5.12. The summed E-state index contributed by atoms with van der Waals surface area (Å²) >= 11 is 0. The van der Waals surface area contributed by atoms with E-state index >= 15 is 0 Å². The van der Waals surface area contributed by atoms with Gasteiger partial charge in [0.05, 0.1) is 23.7 Å². The van der Waals surface area contributed by atoms with E-state index in [4.69, 9.17) is 4.74 Å². The Balaban J connectivity index is 2.05. The molecule has 0 aromatic carbocycles. The Morgan fingerprint density at radius 3 is 2.46 bits per heavy atom. The number of esters is 1. The lowest BCUT2D eigenvalue weighted by Gasteiger charge is -2.61. The molecule has 0 aromatic heterocycles. The van der Waals surface area contributed by atoms with Gasteiger partial charge in [0, 0.05) is 17.9 Å². The summed E-state index contributed by atoms with van der Waals surface area (Å²) in [6.45, 7) is 7.28. The predicted molar refractivity (Wildman–Crippen MR) is 97.2 cm³/mol. The maximum atomic E-state index is 12.8. The van der Waals surface area contributed by atoms with Crippen molar-refractivity contribution in [3.8, 4) is 0 Å². The summed E-state index contributed by atoms with van der Waals surface area (Å²) in [5, 5.41) is 21.8. The van der Waals surface area contributed by atoms with Crippen LogP contribution in [0.3, 0.4) is 0 Å². The number of hydrogen-bond acceptors (Lipinski definition) is 5. The summed E-state index contributed by atoms with van der Waals surface area (Å²) in [4.78, 5) is 25.4. The van der Waals surface area contributed by atoms with Gasteiger partial charge in [-0.1, -0.05) is 13.3 Å². The van der Waals surface area contributed by atoms with Crippen LogP contribution in [0.5, 0.6) is 0 Å². The molecule has 5 atom stereocenters. The molecular formula is C21H32O5. The highest BCUT2D eigenvalue weighted by Gasteiger charge is 2.63. The molecule has 0 radical (unpaired) electrons. The van der Waals surface area contributed by atoms with Gasteiger partial charge in [0.15, 0.2) is 5.78 Å². The number of carbonyl (C=O) groups is 2. The molecule has 3 aliphatic carbocycles. The number of carbonyl (C=O) groups excluding carboxylic acids is 2. The van der Waals surface area contributed by atoms with Crippen LogP contribution in [0.2, 0.25) is 0 Å². The van der Waals surface area contributed by atoms with Crippen LogP contribution in [0.15, 0.2) is 11.6 Å². The Labute approximate surface area is 155 Å². The molecule has 0 heterocycles. The van der Waals surface area contributed by atoms with Gasteiger partial charge in [-0.15, -0.1) is 0 Å². The van der Waals surface area contributed by atoms with Gasteiger partial charge in [0.1, 0.15) is 0 Å². The van der Waals surface area contributed by atoms with E-state index in [1.54, 1.807) is 19.9 Å². The summed E-state index contributed by atoms with van der Waals surface area (Å²) in [5.74, 6) is -0.448. The first-order valence-electron chi connectivity index (χ1n) is 9.68. The van der Waals surface area contributed by atoms with Crippen molar-refractivity contribution in [2.75, 3.05) is 7.11 Å². The van der Waals surface area contributed by atoms with Crippen molar-refractivity contribution in [1.82, 2.24) is 0 Å². The fourth-order valence-electron chi connectivity index (χ4n) is 6.30. The average Bonchev–Trinajstić information content (AvgIpc) is 2.54. The minimum Gasteiger partial charge on any atom is -0.469 e. The maximum absolute atomic E-state index is 12.8. The number of Topliss-reactive ketones (excluding diaryl/α,β-unsaturated/α-hetero) is 1. The zero-order chi connectivity index (χ0) is 19.5. The van der Waals surface area contributed by atoms with E-state index in [2.05, 4.69) is 6.92 Å². The molecular weight excluding hydrogens is 332 g/mol. The van der Waals surface area contributed by atoms with Crippen molar-refractivity contribution >= 4 is 11.8 Å². The smallest absolute Gasteiger partial charge is 0.311 e. The van der Waals surface area contributed by atoms with Gasteiger partial charge >= 0.3 is 5.97 Å². The third-order valence-electron chi connectivity index (χ3n) is 7.60. The fraction of sp³-hybridized carbons (Fsp3) is 0.810. The Morgan fingerprint density at radius 1 is 1.23 bits per heavy atom. The highest BCUT2D eigenvalue weighted by molar-refractivity contribution is 5.98. The van der Waals surface area contributed by atoms with E-state index < -0.39 is 16.6 Å². The molecule has 146 valence electrons. The van der Waals surface area contributed by atoms with Crippen molar-refractivity contribution in [2.24, 2.45) is 22.7 Å². The Bertz CT molecular complexity index is 660. The Morgan fingerprint density at radius 2 is 1.88 bits per heavy atom. The first-order chi connectivity index (χ1) is 11.9. The van der Waals surface area contributed by atoms with Crippen LogP contribution in [-0.2, 0) is 14.3 Å². The van der Waals surface area contributed by atoms with Crippen molar-refractivity contribution in [3.05, 3.63) is 11.6 Å². The van der Waals surface area contributed by atoms with Crippen LogP contribution in [0, 0.1) is 22.7 Å². The van der Waals surface area contributed by atoms with Gasteiger partial charge < -0.3 is 14.9 Å². The van der Waals surface area contributed by atoms with Crippen LogP contribution in [0.1, 0.15) is 66.2 Å². The fourth-order valence-corrected chi connectivity index (χ4v) is 6.30. The molecule has 2 N–H and O–H groups in total. The quantitative estimate of drug-likeness (QED) is 0.736.